The second-order valence-corrected chi connectivity index (χ2v) is 11.7. The molecule has 244 valence electrons. The fourth-order valence-corrected chi connectivity index (χ4v) is 5.42. The van der Waals surface area contributed by atoms with Gasteiger partial charge in [-0.15, -0.1) is 0 Å². The minimum Gasteiger partial charge on any atom is -0.489 e. The van der Waals surface area contributed by atoms with Crippen LogP contribution in [0.15, 0.2) is 152 Å². The van der Waals surface area contributed by atoms with Crippen molar-refractivity contribution in [2.24, 2.45) is 0 Å². The van der Waals surface area contributed by atoms with E-state index in [-0.39, 0.29) is 12.0 Å². The molecule has 6 aromatic rings. The zero-order valence-corrected chi connectivity index (χ0v) is 27.1. The lowest BCUT2D eigenvalue weighted by Crippen LogP contribution is -2.42. The van der Waals surface area contributed by atoms with Gasteiger partial charge in [0.2, 0.25) is 0 Å². The number of anilines is 2. The lowest BCUT2D eigenvalue weighted by atomic mass is 9.99. The zero-order chi connectivity index (χ0) is 34.0. The van der Waals surface area contributed by atoms with Crippen molar-refractivity contribution in [3.8, 4) is 28.4 Å². The monoisotopic (exact) mass is 668 g/mol. The third-order valence-electron chi connectivity index (χ3n) is 7.77. The van der Waals surface area contributed by atoms with Gasteiger partial charge < -0.3 is 25.2 Å². The average Bonchev–Trinajstić information content (AvgIpc) is 3.13. The van der Waals surface area contributed by atoms with Crippen LogP contribution >= 0.6 is 11.6 Å². The number of hydrogen-bond acceptors (Lipinski definition) is 5. The molecule has 1 amide bonds. The fourth-order valence-electron chi connectivity index (χ4n) is 5.25. The smallest absolute Gasteiger partial charge is 0.326 e. The molecule has 3 N–H and O–H groups in total. The van der Waals surface area contributed by atoms with Crippen LogP contribution in [0, 0.1) is 0 Å². The Balaban J connectivity index is 1.12. The summed E-state index contributed by atoms with van der Waals surface area (Å²) in [5, 5.41) is 16.3. The van der Waals surface area contributed by atoms with E-state index < -0.39 is 17.9 Å². The Labute approximate surface area is 289 Å². The highest BCUT2D eigenvalue weighted by molar-refractivity contribution is 6.31. The van der Waals surface area contributed by atoms with E-state index >= 15 is 0 Å². The number of halogens is 1. The van der Waals surface area contributed by atoms with Crippen LogP contribution in [0.4, 0.5) is 11.4 Å². The predicted octanol–water partition coefficient (Wildman–Crippen LogP) is 9.55. The molecule has 0 heterocycles. The Morgan fingerprint density at radius 2 is 1.37 bits per heavy atom. The average molecular weight is 669 g/mol. The maximum atomic E-state index is 13.5. The van der Waals surface area contributed by atoms with Gasteiger partial charge in [0.25, 0.3) is 5.91 Å². The minimum absolute atomic E-state index is 0.0806. The van der Waals surface area contributed by atoms with Crippen LogP contribution in [0.2, 0.25) is 5.02 Å². The molecule has 0 saturated carbocycles. The van der Waals surface area contributed by atoms with Gasteiger partial charge in [0.1, 0.15) is 29.9 Å². The quantitative estimate of drug-likeness (QED) is 0.113. The molecule has 0 bridgehead atoms. The van der Waals surface area contributed by atoms with Crippen LogP contribution in [0.25, 0.3) is 11.1 Å². The second-order valence-electron chi connectivity index (χ2n) is 11.3. The van der Waals surface area contributed by atoms with Gasteiger partial charge in [-0.3, -0.25) is 4.79 Å². The highest BCUT2D eigenvalue weighted by atomic mass is 35.5. The fraction of sp³-hybridized carbons (Fsp3) is 0.0732. The molecule has 0 aliphatic carbocycles. The zero-order valence-electron chi connectivity index (χ0n) is 26.4. The molecular formula is C41H33ClN2O5. The Bertz CT molecular complexity index is 2020. The third kappa shape index (κ3) is 8.86. The SMILES string of the molecule is O=C(NC(Cc1ccc(-c2ccccc2Oc2ccccc2)cc1)C(=O)O)c1cc(Cl)ccc1Nc1ccc(OCc2ccccc2)cc1. The number of rotatable bonds is 13. The number of para-hydroxylation sites is 2. The van der Waals surface area contributed by atoms with Gasteiger partial charge in [-0.05, 0) is 77.4 Å². The number of nitrogens with one attached hydrogen (secondary N) is 2. The van der Waals surface area contributed by atoms with Crippen LogP contribution in [-0.2, 0) is 17.8 Å². The van der Waals surface area contributed by atoms with Crippen molar-refractivity contribution in [1.82, 2.24) is 5.32 Å². The van der Waals surface area contributed by atoms with E-state index in [0.717, 1.165) is 28.0 Å². The van der Waals surface area contributed by atoms with Gasteiger partial charge in [-0.25, -0.2) is 4.79 Å². The summed E-state index contributed by atoms with van der Waals surface area (Å²) in [6.45, 7) is 0.446. The molecule has 6 rings (SSSR count). The summed E-state index contributed by atoms with van der Waals surface area (Å²) in [4.78, 5) is 25.8. The molecule has 0 aromatic heterocycles. The van der Waals surface area contributed by atoms with E-state index in [2.05, 4.69) is 10.6 Å². The molecule has 0 radical (unpaired) electrons. The van der Waals surface area contributed by atoms with E-state index in [4.69, 9.17) is 21.1 Å². The number of amides is 1. The van der Waals surface area contributed by atoms with Gasteiger partial charge in [-0.2, -0.15) is 0 Å². The molecule has 0 spiro atoms. The summed E-state index contributed by atoms with van der Waals surface area (Å²) in [7, 11) is 0. The van der Waals surface area contributed by atoms with E-state index in [9.17, 15) is 14.7 Å². The van der Waals surface area contributed by atoms with Crippen molar-refractivity contribution < 1.29 is 24.2 Å². The van der Waals surface area contributed by atoms with Crippen LogP contribution in [0.3, 0.4) is 0 Å². The number of benzene rings is 6. The standard InChI is InChI=1S/C41H33ClN2O5/c42-31-19-24-37(43-32-20-22-33(23-21-32)48-27-29-9-3-1-4-10-29)36(26-31)40(45)44-38(41(46)47)25-28-15-17-30(18-16-28)35-13-7-8-14-39(35)49-34-11-5-2-6-12-34/h1-24,26,38,43H,25,27H2,(H,44,45)(H,46,47). The molecule has 7 nitrogen and oxygen atoms in total. The van der Waals surface area contributed by atoms with Crippen LogP contribution in [-0.4, -0.2) is 23.0 Å². The molecule has 0 fully saturated rings. The minimum atomic E-state index is -1.18. The van der Waals surface area contributed by atoms with E-state index in [1.165, 1.54) is 6.07 Å². The number of carbonyl (C=O) groups is 2. The first-order chi connectivity index (χ1) is 23.9. The Kier molecular flexibility index (Phi) is 10.5. The predicted molar refractivity (Wildman–Crippen MR) is 193 cm³/mol. The topological polar surface area (TPSA) is 96.9 Å². The molecule has 49 heavy (non-hydrogen) atoms. The Morgan fingerprint density at radius 1 is 0.694 bits per heavy atom. The molecule has 1 unspecified atom stereocenters. The first kappa shape index (κ1) is 32.9. The van der Waals surface area contributed by atoms with Crippen molar-refractivity contribution in [1.29, 1.82) is 0 Å². The summed E-state index contributed by atoms with van der Waals surface area (Å²) < 4.78 is 12.0. The normalized spacial score (nSPS) is 11.3. The molecular weight excluding hydrogens is 636 g/mol. The molecule has 6 aromatic carbocycles. The maximum absolute atomic E-state index is 13.5. The van der Waals surface area contributed by atoms with Gasteiger partial charge in [-0.1, -0.05) is 103 Å². The number of hydrogen-bond donors (Lipinski definition) is 3. The van der Waals surface area contributed by atoms with E-state index in [1.807, 2.05) is 133 Å². The summed E-state index contributed by atoms with van der Waals surface area (Å²) in [6.07, 6.45) is 0.0806. The molecule has 0 saturated heterocycles. The Morgan fingerprint density at radius 3 is 2.08 bits per heavy atom. The van der Waals surface area contributed by atoms with Crippen LogP contribution in [0.1, 0.15) is 21.5 Å². The van der Waals surface area contributed by atoms with Gasteiger partial charge in [0.15, 0.2) is 0 Å². The van der Waals surface area contributed by atoms with Crippen molar-refractivity contribution in [2.75, 3.05) is 5.32 Å². The lowest BCUT2D eigenvalue weighted by molar-refractivity contribution is -0.139. The lowest BCUT2D eigenvalue weighted by Gasteiger charge is -2.18. The van der Waals surface area contributed by atoms with E-state index in [0.29, 0.717) is 34.5 Å². The van der Waals surface area contributed by atoms with Crippen molar-refractivity contribution >= 4 is 34.9 Å². The van der Waals surface area contributed by atoms with Gasteiger partial charge >= 0.3 is 5.97 Å². The van der Waals surface area contributed by atoms with Crippen molar-refractivity contribution in [3.05, 3.63) is 173 Å². The summed E-state index contributed by atoms with van der Waals surface area (Å²) in [6, 6.07) is 45.7. The number of carboxylic acid groups (broad SMARTS) is 1. The van der Waals surface area contributed by atoms with Crippen LogP contribution < -0.4 is 20.1 Å². The highest BCUT2D eigenvalue weighted by Gasteiger charge is 2.23. The number of carboxylic acids is 1. The first-order valence-corrected chi connectivity index (χ1v) is 16.1. The number of ether oxygens (including phenoxy) is 2. The number of carbonyl (C=O) groups excluding carboxylic acids is 1. The molecule has 0 aliphatic rings. The van der Waals surface area contributed by atoms with Gasteiger partial charge in [0, 0.05) is 22.7 Å². The van der Waals surface area contributed by atoms with E-state index in [1.54, 1.807) is 12.1 Å². The largest absolute Gasteiger partial charge is 0.489 e. The van der Waals surface area contributed by atoms with Gasteiger partial charge in [0.05, 0.1) is 11.3 Å². The Hall–Kier alpha value is -6.05. The maximum Gasteiger partial charge on any atom is 0.326 e. The first-order valence-electron chi connectivity index (χ1n) is 15.7. The highest BCUT2D eigenvalue weighted by Crippen LogP contribution is 2.33. The summed E-state index contributed by atoms with van der Waals surface area (Å²) >= 11 is 6.27. The molecule has 0 aliphatic heterocycles. The second kappa shape index (κ2) is 15.7. The van der Waals surface area contributed by atoms with Crippen molar-refractivity contribution in [2.45, 2.75) is 19.1 Å². The number of aliphatic carboxylic acids is 1. The molecule has 1 atom stereocenters. The molecule has 8 heteroatoms. The third-order valence-corrected chi connectivity index (χ3v) is 8.01. The van der Waals surface area contributed by atoms with Crippen molar-refractivity contribution in [3.63, 3.8) is 0 Å². The summed E-state index contributed by atoms with van der Waals surface area (Å²) in [5.74, 6) is 0.415. The summed E-state index contributed by atoms with van der Waals surface area (Å²) in [5.41, 5.74) is 5.03. The van der Waals surface area contributed by atoms with Crippen LogP contribution in [0.5, 0.6) is 17.2 Å².